The van der Waals surface area contributed by atoms with Crippen LogP contribution in [0.4, 0.5) is 5.69 Å². The standard InChI is InChI=1S/C18H22N2O4/c1-23-18-9-8-17(20(21)22)12-16(18)14-24-11-5-10-19-13-15-6-3-2-4-7-15/h2-4,6-9,12,19H,5,10-11,13-14H2,1H3. The van der Waals surface area contributed by atoms with E-state index in [1.807, 2.05) is 18.2 Å². The SMILES string of the molecule is COc1ccc([N+](=O)[O-])cc1COCCCNCc1ccccc1. The van der Waals surface area contributed by atoms with Crippen molar-refractivity contribution in [2.45, 2.75) is 19.6 Å². The van der Waals surface area contributed by atoms with Crippen molar-refractivity contribution < 1.29 is 14.4 Å². The lowest BCUT2D eigenvalue weighted by molar-refractivity contribution is -0.385. The first kappa shape index (κ1) is 17.9. The molecule has 0 spiro atoms. The second-order valence-corrected chi connectivity index (χ2v) is 5.32. The number of nitro groups is 1. The van der Waals surface area contributed by atoms with Gasteiger partial charge in [-0.05, 0) is 24.6 Å². The molecule has 2 rings (SSSR count). The molecule has 0 aliphatic carbocycles. The Labute approximate surface area is 141 Å². The molecular weight excluding hydrogens is 308 g/mol. The molecule has 2 aromatic rings. The lowest BCUT2D eigenvalue weighted by atomic mass is 10.2. The number of methoxy groups -OCH3 is 1. The zero-order chi connectivity index (χ0) is 17.2. The average Bonchev–Trinajstić information content (AvgIpc) is 2.61. The van der Waals surface area contributed by atoms with Crippen molar-refractivity contribution in [2.24, 2.45) is 0 Å². The van der Waals surface area contributed by atoms with Gasteiger partial charge in [-0.1, -0.05) is 30.3 Å². The van der Waals surface area contributed by atoms with E-state index in [9.17, 15) is 10.1 Å². The van der Waals surface area contributed by atoms with E-state index in [0.717, 1.165) is 19.5 Å². The summed E-state index contributed by atoms with van der Waals surface area (Å²) in [4.78, 5) is 10.4. The molecule has 0 unspecified atom stereocenters. The Morgan fingerprint density at radius 2 is 1.96 bits per heavy atom. The Morgan fingerprint density at radius 3 is 2.67 bits per heavy atom. The average molecular weight is 330 g/mol. The molecule has 0 bridgehead atoms. The van der Waals surface area contributed by atoms with Gasteiger partial charge in [0.05, 0.1) is 18.6 Å². The van der Waals surface area contributed by atoms with Crippen LogP contribution in [0, 0.1) is 10.1 Å². The van der Waals surface area contributed by atoms with Crippen molar-refractivity contribution in [1.29, 1.82) is 0 Å². The second-order valence-electron chi connectivity index (χ2n) is 5.32. The smallest absolute Gasteiger partial charge is 0.270 e. The van der Waals surface area contributed by atoms with Crippen LogP contribution in [0.3, 0.4) is 0 Å². The summed E-state index contributed by atoms with van der Waals surface area (Å²) in [5, 5.41) is 14.2. The Hall–Kier alpha value is -2.44. The number of hydrogen-bond acceptors (Lipinski definition) is 5. The summed E-state index contributed by atoms with van der Waals surface area (Å²) in [6, 6.07) is 14.7. The molecule has 0 amide bonds. The second kappa shape index (κ2) is 9.64. The minimum atomic E-state index is -0.420. The lowest BCUT2D eigenvalue weighted by Crippen LogP contribution is -2.16. The molecule has 0 aliphatic heterocycles. The van der Waals surface area contributed by atoms with E-state index in [1.165, 1.54) is 24.8 Å². The molecule has 0 radical (unpaired) electrons. The molecule has 0 saturated heterocycles. The number of non-ortho nitro benzene ring substituents is 1. The van der Waals surface area contributed by atoms with Crippen LogP contribution in [0.5, 0.6) is 5.75 Å². The molecule has 6 nitrogen and oxygen atoms in total. The third-order valence-corrected chi connectivity index (χ3v) is 3.55. The van der Waals surface area contributed by atoms with Crippen LogP contribution >= 0.6 is 0 Å². The zero-order valence-corrected chi connectivity index (χ0v) is 13.7. The van der Waals surface area contributed by atoms with Gasteiger partial charge in [0.25, 0.3) is 5.69 Å². The highest BCUT2D eigenvalue weighted by atomic mass is 16.6. The molecular formula is C18H22N2O4. The van der Waals surface area contributed by atoms with Gasteiger partial charge in [-0.2, -0.15) is 0 Å². The fraction of sp³-hybridized carbons (Fsp3) is 0.333. The molecule has 0 aliphatic rings. The first-order valence-electron chi connectivity index (χ1n) is 7.84. The molecule has 24 heavy (non-hydrogen) atoms. The summed E-state index contributed by atoms with van der Waals surface area (Å²) in [5.41, 5.74) is 1.97. The van der Waals surface area contributed by atoms with Crippen molar-refractivity contribution in [3.63, 3.8) is 0 Å². The van der Waals surface area contributed by atoms with Gasteiger partial charge < -0.3 is 14.8 Å². The van der Waals surface area contributed by atoms with Gasteiger partial charge in [0.1, 0.15) is 5.75 Å². The van der Waals surface area contributed by atoms with Gasteiger partial charge >= 0.3 is 0 Å². The van der Waals surface area contributed by atoms with Gasteiger partial charge in [-0.3, -0.25) is 10.1 Å². The Bertz CT molecular complexity index is 647. The van der Waals surface area contributed by atoms with E-state index in [-0.39, 0.29) is 5.69 Å². The van der Waals surface area contributed by atoms with Crippen LogP contribution in [-0.4, -0.2) is 25.2 Å². The highest BCUT2D eigenvalue weighted by Crippen LogP contribution is 2.24. The van der Waals surface area contributed by atoms with Crippen LogP contribution in [0.1, 0.15) is 17.5 Å². The predicted molar refractivity (Wildman–Crippen MR) is 92.1 cm³/mol. The lowest BCUT2D eigenvalue weighted by Gasteiger charge is -2.09. The molecule has 0 atom stereocenters. The van der Waals surface area contributed by atoms with E-state index in [4.69, 9.17) is 9.47 Å². The van der Waals surface area contributed by atoms with Gasteiger partial charge in [0, 0.05) is 30.8 Å². The van der Waals surface area contributed by atoms with Crippen molar-refractivity contribution in [2.75, 3.05) is 20.3 Å². The van der Waals surface area contributed by atoms with Crippen molar-refractivity contribution in [3.05, 3.63) is 69.8 Å². The van der Waals surface area contributed by atoms with Crippen LogP contribution < -0.4 is 10.1 Å². The molecule has 0 saturated carbocycles. The summed E-state index contributed by atoms with van der Waals surface area (Å²) in [6.07, 6.45) is 0.865. The number of rotatable bonds is 10. The van der Waals surface area contributed by atoms with Crippen molar-refractivity contribution >= 4 is 5.69 Å². The summed E-state index contributed by atoms with van der Waals surface area (Å²) < 4.78 is 10.8. The maximum absolute atomic E-state index is 10.8. The van der Waals surface area contributed by atoms with Gasteiger partial charge in [-0.25, -0.2) is 0 Å². The largest absolute Gasteiger partial charge is 0.496 e. The minimum Gasteiger partial charge on any atom is -0.496 e. The maximum Gasteiger partial charge on any atom is 0.270 e. The van der Waals surface area contributed by atoms with Gasteiger partial charge in [-0.15, -0.1) is 0 Å². The van der Waals surface area contributed by atoms with Crippen LogP contribution in [0.25, 0.3) is 0 Å². The van der Waals surface area contributed by atoms with Crippen molar-refractivity contribution in [1.82, 2.24) is 5.32 Å². The van der Waals surface area contributed by atoms with Crippen LogP contribution in [-0.2, 0) is 17.9 Å². The van der Waals surface area contributed by atoms with Crippen molar-refractivity contribution in [3.8, 4) is 5.75 Å². The summed E-state index contributed by atoms with van der Waals surface area (Å²) in [6.45, 7) is 2.55. The monoisotopic (exact) mass is 330 g/mol. The topological polar surface area (TPSA) is 73.6 Å². The molecule has 0 fully saturated rings. The quantitative estimate of drug-likeness (QED) is 0.411. The predicted octanol–water partition coefficient (Wildman–Crippen LogP) is 3.30. The zero-order valence-electron chi connectivity index (χ0n) is 13.7. The Morgan fingerprint density at radius 1 is 1.17 bits per heavy atom. The highest BCUT2D eigenvalue weighted by Gasteiger charge is 2.11. The van der Waals surface area contributed by atoms with E-state index in [0.29, 0.717) is 24.5 Å². The molecule has 128 valence electrons. The normalized spacial score (nSPS) is 10.5. The van der Waals surface area contributed by atoms with E-state index >= 15 is 0 Å². The first-order chi connectivity index (χ1) is 11.7. The van der Waals surface area contributed by atoms with E-state index < -0.39 is 4.92 Å². The number of nitro benzene ring substituents is 1. The van der Waals surface area contributed by atoms with E-state index in [1.54, 1.807) is 6.07 Å². The number of benzene rings is 2. The van der Waals surface area contributed by atoms with Crippen LogP contribution in [0.2, 0.25) is 0 Å². The summed E-state index contributed by atoms with van der Waals surface area (Å²) in [7, 11) is 1.54. The third-order valence-electron chi connectivity index (χ3n) is 3.55. The number of nitrogens with one attached hydrogen (secondary N) is 1. The number of ether oxygens (including phenoxy) is 2. The molecule has 6 heteroatoms. The maximum atomic E-state index is 10.8. The molecule has 2 aromatic carbocycles. The van der Waals surface area contributed by atoms with E-state index in [2.05, 4.69) is 17.4 Å². The molecule has 0 heterocycles. The Kier molecular flexibility index (Phi) is 7.20. The summed E-state index contributed by atoms with van der Waals surface area (Å²) >= 11 is 0. The third kappa shape index (κ3) is 5.64. The number of nitrogens with zero attached hydrogens (tertiary/aromatic N) is 1. The Balaban J connectivity index is 1.68. The number of hydrogen-bond donors (Lipinski definition) is 1. The highest BCUT2D eigenvalue weighted by molar-refractivity contribution is 5.43. The minimum absolute atomic E-state index is 0.0407. The fourth-order valence-electron chi connectivity index (χ4n) is 2.30. The van der Waals surface area contributed by atoms with Gasteiger partial charge in [0.2, 0.25) is 0 Å². The van der Waals surface area contributed by atoms with Gasteiger partial charge in [0.15, 0.2) is 0 Å². The first-order valence-corrected chi connectivity index (χ1v) is 7.84. The summed E-state index contributed by atoms with van der Waals surface area (Å²) in [5.74, 6) is 0.600. The molecule has 0 aromatic heterocycles. The molecule has 1 N–H and O–H groups in total. The fourth-order valence-corrected chi connectivity index (χ4v) is 2.30. The van der Waals surface area contributed by atoms with Crippen LogP contribution in [0.15, 0.2) is 48.5 Å².